The van der Waals surface area contributed by atoms with Crippen LogP contribution in [0.15, 0.2) is 22.3 Å². The van der Waals surface area contributed by atoms with Crippen LogP contribution in [-0.4, -0.2) is 29.6 Å². The molecule has 0 fully saturated rings. The van der Waals surface area contributed by atoms with Gasteiger partial charge in [0.1, 0.15) is 0 Å². The van der Waals surface area contributed by atoms with Crippen molar-refractivity contribution in [2.24, 2.45) is 5.92 Å². The summed E-state index contributed by atoms with van der Waals surface area (Å²) in [5, 5.41) is 10.4. The molecule has 0 saturated heterocycles. The van der Waals surface area contributed by atoms with E-state index in [1.807, 2.05) is 6.92 Å². The topological polar surface area (TPSA) is 20.2 Å². The molecule has 1 N–H and O–H groups in total. The zero-order valence-corrected chi connectivity index (χ0v) is 18.7. The second kappa shape index (κ2) is 12.6. The molecule has 0 amide bonds. The average molecular weight is 415 g/mol. The zero-order valence-electron chi connectivity index (χ0n) is 15.8. The zero-order chi connectivity index (χ0) is 17.0. The van der Waals surface area contributed by atoms with Crippen LogP contribution < -0.4 is 0 Å². The third-order valence-corrected chi connectivity index (χ3v) is 19.1. The van der Waals surface area contributed by atoms with Gasteiger partial charge in [-0.3, -0.25) is 0 Å². The maximum absolute atomic E-state index is 10.4. The summed E-state index contributed by atoms with van der Waals surface area (Å²) in [7, 11) is 0. The van der Waals surface area contributed by atoms with E-state index in [1.54, 1.807) is 0 Å². The van der Waals surface area contributed by atoms with Gasteiger partial charge in [-0.25, -0.2) is 0 Å². The summed E-state index contributed by atoms with van der Waals surface area (Å²) in [6, 6.07) is 0. The predicted molar refractivity (Wildman–Crippen MR) is 104 cm³/mol. The summed E-state index contributed by atoms with van der Waals surface area (Å²) < 4.78 is 6.97. The fourth-order valence-corrected chi connectivity index (χ4v) is 17.3. The van der Waals surface area contributed by atoms with E-state index in [0.717, 1.165) is 5.57 Å². The SMILES string of the molecule is C=C(C)[C@@H](C)[C@@H](O)/C=[CH]/[Sn]([CH2]CCC)([CH2]CCC)[CH2]CCC. The van der Waals surface area contributed by atoms with Gasteiger partial charge in [-0.2, -0.15) is 0 Å². The van der Waals surface area contributed by atoms with Crippen LogP contribution in [0.5, 0.6) is 0 Å². The molecular weight excluding hydrogens is 375 g/mol. The Morgan fingerprint density at radius 2 is 1.41 bits per heavy atom. The Morgan fingerprint density at radius 1 is 1.00 bits per heavy atom. The molecular formula is C20H40OSn. The number of rotatable bonds is 13. The van der Waals surface area contributed by atoms with Gasteiger partial charge < -0.3 is 0 Å². The molecule has 22 heavy (non-hydrogen) atoms. The summed E-state index contributed by atoms with van der Waals surface area (Å²) in [5.74, 6) is 0.170. The van der Waals surface area contributed by atoms with Gasteiger partial charge in [0.2, 0.25) is 0 Å². The minimum atomic E-state index is -2.22. The van der Waals surface area contributed by atoms with Crippen molar-refractivity contribution in [3.63, 3.8) is 0 Å². The van der Waals surface area contributed by atoms with Crippen LogP contribution in [0.4, 0.5) is 0 Å². The number of aliphatic hydroxyl groups excluding tert-OH is 1. The first-order valence-electron chi connectivity index (χ1n) is 9.45. The molecule has 0 spiro atoms. The Hall–Kier alpha value is 0.239. The van der Waals surface area contributed by atoms with Crippen LogP contribution in [-0.2, 0) is 0 Å². The summed E-state index contributed by atoms with van der Waals surface area (Å²) in [4.78, 5) is 0. The number of hydrogen-bond acceptors (Lipinski definition) is 1. The van der Waals surface area contributed by atoms with Crippen LogP contribution in [0, 0.1) is 5.92 Å². The molecule has 1 nitrogen and oxygen atoms in total. The van der Waals surface area contributed by atoms with E-state index in [4.69, 9.17) is 0 Å². The van der Waals surface area contributed by atoms with E-state index in [1.165, 1.54) is 51.8 Å². The summed E-state index contributed by atoms with van der Waals surface area (Å²) in [6.45, 7) is 15.0. The van der Waals surface area contributed by atoms with Crippen LogP contribution in [0.1, 0.15) is 73.1 Å². The molecule has 0 radical (unpaired) electrons. The molecule has 0 aromatic rings. The van der Waals surface area contributed by atoms with Crippen molar-refractivity contribution in [3.8, 4) is 0 Å². The van der Waals surface area contributed by atoms with Gasteiger partial charge in [0.05, 0.1) is 0 Å². The van der Waals surface area contributed by atoms with Gasteiger partial charge in [-0.1, -0.05) is 0 Å². The summed E-state index contributed by atoms with van der Waals surface area (Å²) in [6.07, 6.45) is 9.83. The first-order valence-corrected chi connectivity index (χ1v) is 17.2. The molecule has 0 aromatic heterocycles. The number of aliphatic hydroxyl groups is 1. The molecule has 2 heteroatoms. The molecule has 0 rings (SSSR count). The van der Waals surface area contributed by atoms with Crippen LogP contribution in [0.25, 0.3) is 0 Å². The average Bonchev–Trinajstić information content (AvgIpc) is 2.52. The minimum absolute atomic E-state index is 0.170. The Balaban J connectivity index is 5.08. The molecule has 0 aromatic carbocycles. The first-order chi connectivity index (χ1) is 10.4. The molecule has 0 saturated carbocycles. The molecule has 0 heterocycles. The van der Waals surface area contributed by atoms with E-state index in [0.29, 0.717) is 0 Å². The molecule has 130 valence electrons. The number of unbranched alkanes of at least 4 members (excludes halogenated alkanes) is 3. The quantitative estimate of drug-likeness (QED) is 0.269. The third-order valence-electron chi connectivity index (χ3n) is 5.02. The van der Waals surface area contributed by atoms with Crippen molar-refractivity contribution in [1.29, 1.82) is 0 Å². The molecule has 0 bridgehead atoms. The Kier molecular flexibility index (Phi) is 12.8. The van der Waals surface area contributed by atoms with Crippen LogP contribution >= 0.6 is 0 Å². The van der Waals surface area contributed by atoms with Crippen molar-refractivity contribution >= 4 is 18.4 Å². The van der Waals surface area contributed by atoms with E-state index in [9.17, 15) is 5.11 Å². The van der Waals surface area contributed by atoms with Crippen LogP contribution in [0.3, 0.4) is 0 Å². The standard InChI is InChI=1S/C8H13O.3C4H9.Sn/c1-5-8(9)7(4)6(2)3;3*1-3-4-2;/h1,5,7-9H,2H2,3-4H3;3*1,3-4H2,2H3;/t7-,8+;;;;/m1..../s1. The first kappa shape index (κ1) is 22.2. The summed E-state index contributed by atoms with van der Waals surface area (Å²) in [5.41, 5.74) is 1.08. The van der Waals surface area contributed by atoms with Gasteiger partial charge in [0, 0.05) is 0 Å². The molecule has 0 aliphatic rings. The predicted octanol–water partition coefficient (Wildman–Crippen LogP) is 6.50. The van der Waals surface area contributed by atoms with Gasteiger partial charge in [-0.05, 0) is 0 Å². The van der Waals surface area contributed by atoms with Crippen molar-refractivity contribution in [1.82, 2.24) is 0 Å². The van der Waals surface area contributed by atoms with Gasteiger partial charge in [0.25, 0.3) is 0 Å². The Morgan fingerprint density at radius 3 is 1.73 bits per heavy atom. The van der Waals surface area contributed by atoms with Gasteiger partial charge in [-0.15, -0.1) is 0 Å². The molecule has 0 aliphatic heterocycles. The van der Waals surface area contributed by atoms with Crippen LogP contribution in [0.2, 0.25) is 13.3 Å². The number of hydrogen-bond donors (Lipinski definition) is 1. The second-order valence-electron chi connectivity index (χ2n) is 7.16. The Bertz CT molecular complexity index is 300. The molecule has 0 unspecified atom stereocenters. The van der Waals surface area contributed by atoms with Crippen molar-refractivity contribution in [3.05, 3.63) is 22.3 Å². The van der Waals surface area contributed by atoms with Gasteiger partial charge >= 0.3 is 144 Å². The van der Waals surface area contributed by atoms with Gasteiger partial charge in [0.15, 0.2) is 0 Å². The van der Waals surface area contributed by atoms with Crippen molar-refractivity contribution in [2.75, 3.05) is 0 Å². The fraction of sp³-hybridized carbons (Fsp3) is 0.800. The molecule has 0 aliphatic carbocycles. The maximum atomic E-state index is 10.4. The normalized spacial score (nSPS) is 15.2. The van der Waals surface area contributed by atoms with Crippen molar-refractivity contribution in [2.45, 2.75) is 92.6 Å². The fourth-order valence-electron chi connectivity index (χ4n) is 2.97. The second-order valence-corrected chi connectivity index (χ2v) is 20.2. The monoisotopic (exact) mass is 416 g/mol. The third kappa shape index (κ3) is 8.76. The van der Waals surface area contributed by atoms with E-state index in [2.05, 4.69) is 44.4 Å². The van der Waals surface area contributed by atoms with E-state index < -0.39 is 18.4 Å². The van der Waals surface area contributed by atoms with E-state index in [-0.39, 0.29) is 12.0 Å². The van der Waals surface area contributed by atoms with Crippen molar-refractivity contribution < 1.29 is 5.11 Å². The Labute approximate surface area is 144 Å². The molecule has 2 atom stereocenters. The van der Waals surface area contributed by atoms with E-state index >= 15 is 0 Å². The summed E-state index contributed by atoms with van der Waals surface area (Å²) >= 11 is -2.22.